The Morgan fingerprint density at radius 2 is 1.95 bits per heavy atom. The quantitative estimate of drug-likeness (QED) is 0.810. The summed E-state index contributed by atoms with van der Waals surface area (Å²) in [5.74, 6) is -0.710. The van der Waals surface area contributed by atoms with E-state index in [1.807, 2.05) is 24.3 Å². The molecule has 1 aromatic rings. The number of carboxylic acids is 1. The maximum atomic E-state index is 11.9. The first-order valence-corrected chi connectivity index (χ1v) is 6.66. The van der Waals surface area contributed by atoms with Crippen molar-refractivity contribution in [1.29, 1.82) is 0 Å². The van der Waals surface area contributed by atoms with Gasteiger partial charge < -0.3 is 10.4 Å². The highest BCUT2D eigenvalue weighted by Crippen LogP contribution is 2.51. The molecule has 0 saturated heterocycles. The van der Waals surface area contributed by atoms with Gasteiger partial charge >= 0.3 is 5.97 Å². The predicted octanol–water partition coefficient (Wildman–Crippen LogP) is 2.45. The lowest BCUT2D eigenvalue weighted by atomic mass is 10.1. The van der Waals surface area contributed by atoms with E-state index in [2.05, 4.69) is 19.2 Å². The number of carboxylic acid groups (broad SMARTS) is 1. The third-order valence-corrected chi connectivity index (χ3v) is 3.69. The van der Waals surface area contributed by atoms with Crippen molar-refractivity contribution in [1.82, 2.24) is 5.32 Å². The number of amides is 1. The molecule has 0 heterocycles. The van der Waals surface area contributed by atoms with E-state index in [-0.39, 0.29) is 17.2 Å². The number of nitrogens with one attached hydrogen (secondary N) is 1. The summed E-state index contributed by atoms with van der Waals surface area (Å²) in [5, 5.41) is 11.5. The van der Waals surface area contributed by atoms with Crippen molar-refractivity contribution in [2.24, 2.45) is 11.3 Å². The Kier molecular flexibility index (Phi) is 3.93. The molecule has 0 aliphatic heterocycles. The van der Waals surface area contributed by atoms with Gasteiger partial charge in [-0.2, -0.15) is 0 Å². The zero-order valence-corrected chi connectivity index (χ0v) is 11.7. The molecule has 1 unspecified atom stereocenters. The largest absolute Gasteiger partial charge is 0.478 e. The summed E-state index contributed by atoms with van der Waals surface area (Å²) in [5.41, 5.74) is 1.98. The average molecular weight is 273 g/mol. The molecule has 1 fully saturated rings. The molecule has 1 saturated carbocycles. The first kappa shape index (κ1) is 14.3. The standard InChI is InChI=1S/C16H19NO3/c1-16(2)9-13(16)15(20)17-10-12-5-3-11(4-6-12)7-8-14(18)19/h3-8,13H,9-10H2,1-2H3,(H,17,20)(H,18,19)/b8-7+. The van der Waals surface area contributed by atoms with Gasteiger partial charge in [0, 0.05) is 18.5 Å². The van der Waals surface area contributed by atoms with Crippen LogP contribution in [0.1, 0.15) is 31.4 Å². The van der Waals surface area contributed by atoms with Crippen molar-refractivity contribution in [3.63, 3.8) is 0 Å². The maximum Gasteiger partial charge on any atom is 0.328 e. The van der Waals surface area contributed by atoms with Crippen LogP contribution in [0.4, 0.5) is 0 Å². The highest BCUT2D eigenvalue weighted by atomic mass is 16.4. The van der Waals surface area contributed by atoms with Crippen molar-refractivity contribution in [3.8, 4) is 0 Å². The fraction of sp³-hybridized carbons (Fsp3) is 0.375. The van der Waals surface area contributed by atoms with E-state index >= 15 is 0 Å². The zero-order valence-electron chi connectivity index (χ0n) is 11.7. The Bertz CT molecular complexity index is 543. The Hall–Kier alpha value is -2.10. The van der Waals surface area contributed by atoms with Crippen LogP contribution in [0.5, 0.6) is 0 Å². The molecule has 2 N–H and O–H groups in total. The summed E-state index contributed by atoms with van der Waals surface area (Å²) in [7, 11) is 0. The van der Waals surface area contributed by atoms with Crippen LogP contribution in [0, 0.1) is 11.3 Å². The summed E-state index contributed by atoms with van der Waals surface area (Å²) in [4.78, 5) is 22.3. The van der Waals surface area contributed by atoms with Gasteiger partial charge in [-0.1, -0.05) is 38.1 Å². The maximum absolute atomic E-state index is 11.9. The van der Waals surface area contributed by atoms with Crippen molar-refractivity contribution in [3.05, 3.63) is 41.5 Å². The smallest absolute Gasteiger partial charge is 0.328 e. The van der Waals surface area contributed by atoms with Crippen molar-refractivity contribution < 1.29 is 14.7 Å². The van der Waals surface area contributed by atoms with Crippen LogP contribution >= 0.6 is 0 Å². The van der Waals surface area contributed by atoms with Crippen molar-refractivity contribution in [2.45, 2.75) is 26.8 Å². The van der Waals surface area contributed by atoms with E-state index < -0.39 is 5.97 Å². The van der Waals surface area contributed by atoms with E-state index in [4.69, 9.17) is 5.11 Å². The zero-order chi connectivity index (χ0) is 14.8. The molecule has 1 amide bonds. The molecule has 4 heteroatoms. The van der Waals surface area contributed by atoms with Crippen LogP contribution in [0.2, 0.25) is 0 Å². The number of hydrogen-bond donors (Lipinski definition) is 2. The Morgan fingerprint density at radius 1 is 1.35 bits per heavy atom. The summed E-state index contributed by atoms with van der Waals surface area (Å²) in [6.45, 7) is 4.70. The third-order valence-electron chi connectivity index (χ3n) is 3.69. The molecule has 20 heavy (non-hydrogen) atoms. The molecular weight excluding hydrogens is 254 g/mol. The molecule has 0 radical (unpaired) electrons. The molecule has 1 atom stereocenters. The normalized spacial score (nSPS) is 19.8. The van der Waals surface area contributed by atoms with Gasteiger partial charge in [0.25, 0.3) is 0 Å². The number of aliphatic carboxylic acids is 1. The van der Waals surface area contributed by atoms with Gasteiger partial charge in [-0.05, 0) is 29.0 Å². The lowest BCUT2D eigenvalue weighted by molar-refractivity contribution is -0.131. The fourth-order valence-electron chi connectivity index (χ4n) is 2.14. The van der Waals surface area contributed by atoms with E-state index in [0.29, 0.717) is 6.54 Å². The van der Waals surface area contributed by atoms with Crippen LogP contribution in [-0.4, -0.2) is 17.0 Å². The van der Waals surface area contributed by atoms with Gasteiger partial charge in [-0.3, -0.25) is 4.79 Å². The van der Waals surface area contributed by atoms with E-state index in [1.165, 1.54) is 6.08 Å². The summed E-state index contributed by atoms with van der Waals surface area (Å²) < 4.78 is 0. The SMILES string of the molecule is CC1(C)CC1C(=O)NCc1ccc(/C=C/C(=O)O)cc1. The van der Waals surface area contributed by atoms with Crippen molar-refractivity contribution >= 4 is 18.0 Å². The minimum absolute atomic E-state index is 0.116. The van der Waals surface area contributed by atoms with E-state index in [9.17, 15) is 9.59 Å². The monoisotopic (exact) mass is 273 g/mol. The second-order valence-electron chi connectivity index (χ2n) is 5.88. The molecule has 2 rings (SSSR count). The van der Waals surface area contributed by atoms with E-state index in [1.54, 1.807) is 0 Å². The fourth-order valence-corrected chi connectivity index (χ4v) is 2.14. The van der Waals surface area contributed by atoms with Gasteiger partial charge in [0.1, 0.15) is 0 Å². The number of hydrogen-bond acceptors (Lipinski definition) is 2. The minimum atomic E-state index is -0.964. The number of rotatable bonds is 5. The van der Waals surface area contributed by atoms with Crippen LogP contribution in [0.15, 0.2) is 30.3 Å². The highest BCUT2D eigenvalue weighted by molar-refractivity contribution is 5.85. The van der Waals surface area contributed by atoms with Gasteiger partial charge in [0.05, 0.1) is 0 Å². The molecule has 106 valence electrons. The molecule has 0 spiro atoms. The van der Waals surface area contributed by atoms with E-state index in [0.717, 1.165) is 23.6 Å². The van der Waals surface area contributed by atoms with Crippen LogP contribution in [0.3, 0.4) is 0 Å². The third kappa shape index (κ3) is 3.70. The highest BCUT2D eigenvalue weighted by Gasteiger charge is 2.50. The molecule has 0 bridgehead atoms. The van der Waals surface area contributed by atoms with Gasteiger partial charge in [0.2, 0.25) is 5.91 Å². The van der Waals surface area contributed by atoms with Gasteiger partial charge in [0.15, 0.2) is 0 Å². The molecule has 1 aromatic carbocycles. The molecule has 1 aliphatic rings. The Balaban J connectivity index is 1.85. The van der Waals surface area contributed by atoms with Crippen LogP contribution in [0.25, 0.3) is 6.08 Å². The average Bonchev–Trinajstić information content (AvgIpc) is 3.04. The number of carbonyl (C=O) groups excluding carboxylic acids is 1. The van der Waals surface area contributed by atoms with Gasteiger partial charge in [-0.15, -0.1) is 0 Å². The number of benzene rings is 1. The summed E-state index contributed by atoms with van der Waals surface area (Å²) in [6, 6.07) is 7.45. The molecule has 4 nitrogen and oxygen atoms in total. The molecule has 1 aliphatic carbocycles. The second-order valence-corrected chi connectivity index (χ2v) is 5.88. The summed E-state index contributed by atoms with van der Waals surface area (Å²) in [6.07, 6.45) is 3.60. The van der Waals surface area contributed by atoms with Gasteiger partial charge in [-0.25, -0.2) is 4.79 Å². The van der Waals surface area contributed by atoms with Crippen LogP contribution in [-0.2, 0) is 16.1 Å². The summed E-state index contributed by atoms with van der Waals surface area (Å²) >= 11 is 0. The minimum Gasteiger partial charge on any atom is -0.478 e. The Labute approximate surface area is 118 Å². The lowest BCUT2D eigenvalue weighted by Crippen LogP contribution is -2.25. The molecule has 0 aromatic heterocycles. The predicted molar refractivity (Wildman–Crippen MR) is 76.8 cm³/mol. The second kappa shape index (κ2) is 5.49. The Morgan fingerprint density at radius 3 is 2.45 bits per heavy atom. The van der Waals surface area contributed by atoms with Crippen LogP contribution < -0.4 is 5.32 Å². The lowest BCUT2D eigenvalue weighted by Gasteiger charge is -2.07. The topological polar surface area (TPSA) is 66.4 Å². The molecular formula is C16H19NO3. The number of carbonyl (C=O) groups is 2. The first-order valence-electron chi connectivity index (χ1n) is 6.66. The van der Waals surface area contributed by atoms with Crippen molar-refractivity contribution in [2.75, 3.05) is 0 Å². The first-order chi connectivity index (χ1) is 9.38.